The van der Waals surface area contributed by atoms with Crippen LogP contribution in [0.3, 0.4) is 0 Å². The highest BCUT2D eigenvalue weighted by Gasteiger charge is 2.16. The molecule has 0 saturated carbocycles. The van der Waals surface area contributed by atoms with Gasteiger partial charge in [-0.25, -0.2) is 0 Å². The summed E-state index contributed by atoms with van der Waals surface area (Å²) in [5.41, 5.74) is 11.0. The van der Waals surface area contributed by atoms with Crippen LogP contribution in [0.4, 0.5) is 5.82 Å². The average molecular weight is 284 g/mol. The number of halogens is 1. The molecule has 0 bridgehead atoms. The molecular formula is C16H14ClN3. The van der Waals surface area contributed by atoms with E-state index in [9.17, 15) is 0 Å². The maximum absolute atomic E-state index is 6.11. The Morgan fingerprint density at radius 1 is 1.10 bits per heavy atom. The molecule has 0 aliphatic rings. The maximum Gasteiger partial charge on any atom is 0.153 e. The van der Waals surface area contributed by atoms with Crippen molar-refractivity contribution in [3.63, 3.8) is 0 Å². The van der Waals surface area contributed by atoms with E-state index in [1.165, 1.54) is 0 Å². The number of benzene rings is 2. The zero-order chi connectivity index (χ0) is 14.1. The van der Waals surface area contributed by atoms with Crippen molar-refractivity contribution in [2.24, 2.45) is 0 Å². The molecule has 0 aliphatic carbocycles. The zero-order valence-electron chi connectivity index (χ0n) is 11.0. The summed E-state index contributed by atoms with van der Waals surface area (Å²) in [5, 5.41) is 7.87. The molecule has 3 aromatic rings. The fraction of sp³-hybridized carbons (Fsp3) is 0.0625. The second-order valence-electron chi connectivity index (χ2n) is 4.68. The van der Waals surface area contributed by atoms with Crippen molar-refractivity contribution in [1.82, 2.24) is 10.2 Å². The monoisotopic (exact) mass is 283 g/mol. The lowest BCUT2D eigenvalue weighted by atomic mass is 9.98. The van der Waals surface area contributed by atoms with E-state index in [4.69, 9.17) is 17.3 Å². The largest absolute Gasteiger partial charge is 0.382 e. The van der Waals surface area contributed by atoms with Crippen LogP contribution < -0.4 is 5.73 Å². The normalized spacial score (nSPS) is 10.7. The Labute approximate surface area is 122 Å². The molecule has 3 nitrogen and oxygen atoms in total. The van der Waals surface area contributed by atoms with Gasteiger partial charge in [0.2, 0.25) is 0 Å². The van der Waals surface area contributed by atoms with Gasteiger partial charge in [-0.2, -0.15) is 5.10 Å². The number of hydrogen-bond donors (Lipinski definition) is 2. The molecule has 0 saturated heterocycles. The van der Waals surface area contributed by atoms with Gasteiger partial charge in [-0.1, -0.05) is 48.0 Å². The van der Waals surface area contributed by atoms with Crippen LogP contribution >= 0.6 is 11.6 Å². The number of nitrogens with zero attached hydrogens (tertiary/aromatic N) is 1. The molecular weight excluding hydrogens is 270 g/mol. The van der Waals surface area contributed by atoms with E-state index in [1.807, 2.05) is 55.5 Å². The molecule has 20 heavy (non-hydrogen) atoms. The van der Waals surface area contributed by atoms with Crippen LogP contribution in [0.15, 0.2) is 48.5 Å². The lowest BCUT2D eigenvalue weighted by molar-refractivity contribution is 1.10. The van der Waals surface area contributed by atoms with E-state index >= 15 is 0 Å². The molecule has 0 atom stereocenters. The predicted molar refractivity (Wildman–Crippen MR) is 83.6 cm³/mol. The van der Waals surface area contributed by atoms with E-state index in [0.29, 0.717) is 10.8 Å². The Balaban J connectivity index is 2.24. The average Bonchev–Trinajstić information content (AvgIpc) is 2.84. The number of anilines is 1. The summed E-state index contributed by atoms with van der Waals surface area (Å²) in [7, 11) is 0. The van der Waals surface area contributed by atoms with Gasteiger partial charge in [0.05, 0.1) is 11.3 Å². The van der Waals surface area contributed by atoms with Crippen molar-refractivity contribution < 1.29 is 0 Å². The van der Waals surface area contributed by atoms with Gasteiger partial charge in [-0.05, 0) is 30.2 Å². The lowest BCUT2D eigenvalue weighted by Gasteiger charge is -2.08. The number of aryl methyl sites for hydroxylation is 1. The number of aromatic nitrogens is 2. The van der Waals surface area contributed by atoms with Crippen LogP contribution in [0.2, 0.25) is 5.02 Å². The van der Waals surface area contributed by atoms with Crippen molar-refractivity contribution in [1.29, 1.82) is 0 Å². The van der Waals surface area contributed by atoms with E-state index in [1.54, 1.807) is 0 Å². The molecule has 1 heterocycles. The summed E-state index contributed by atoms with van der Waals surface area (Å²) < 4.78 is 0. The second-order valence-corrected chi connectivity index (χ2v) is 5.12. The Morgan fingerprint density at radius 2 is 1.85 bits per heavy atom. The highest BCUT2D eigenvalue weighted by atomic mass is 35.5. The van der Waals surface area contributed by atoms with Gasteiger partial charge in [0.25, 0.3) is 0 Å². The first-order chi connectivity index (χ1) is 9.66. The third-order valence-corrected chi connectivity index (χ3v) is 3.56. The summed E-state index contributed by atoms with van der Waals surface area (Å²) in [6.07, 6.45) is 0. The van der Waals surface area contributed by atoms with Crippen LogP contribution in [-0.2, 0) is 0 Å². The molecule has 0 fully saturated rings. The smallest absolute Gasteiger partial charge is 0.153 e. The first kappa shape index (κ1) is 12.8. The summed E-state index contributed by atoms with van der Waals surface area (Å²) in [6, 6.07) is 15.8. The topological polar surface area (TPSA) is 54.7 Å². The number of nitrogens with one attached hydrogen (secondary N) is 1. The molecule has 0 spiro atoms. The van der Waals surface area contributed by atoms with Crippen LogP contribution in [0.5, 0.6) is 0 Å². The highest BCUT2D eigenvalue weighted by Crippen LogP contribution is 2.36. The zero-order valence-corrected chi connectivity index (χ0v) is 11.8. The molecule has 0 amide bonds. The lowest BCUT2D eigenvalue weighted by Crippen LogP contribution is -1.90. The van der Waals surface area contributed by atoms with Gasteiger partial charge < -0.3 is 5.73 Å². The Kier molecular flexibility index (Phi) is 3.20. The van der Waals surface area contributed by atoms with Crippen LogP contribution in [0.1, 0.15) is 5.56 Å². The number of H-pyrrole nitrogens is 1. The van der Waals surface area contributed by atoms with Crippen molar-refractivity contribution in [2.45, 2.75) is 6.92 Å². The molecule has 0 aliphatic heterocycles. The molecule has 1 aromatic heterocycles. The first-order valence-corrected chi connectivity index (χ1v) is 6.70. The third-order valence-electron chi connectivity index (χ3n) is 3.33. The van der Waals surface area contributed by atoms with E-state index in [0.717, 1.165) is 27.9 Å². The minimum absolute atomic E-state index is 0.491. The molecule has 0 radical (unpaired) electrons. The van der Waals surface area contributed by atoms with Gasteiger partial charge in [0, 0.05) is 10.6 Å². The molecule has 0 unspecified atom stereocenters. The number of rotatable bonds is 2. The predicted octanol–water partition coefficient (Wildman–Crippen LogP) is 4.29. The molecule has 4 heteroatoms. The third kappa shape index (κ3) is 2.17. The minimum atomic E-state index is 0.491. The van der Waals surface area contributed by atoms with Crippen LogP contribution in [-0.4, -0.2) is 10.2 Å². The van der Waals surface area contributed by atoms with Crippen molar-refractivity contribution in [2.75, 3.05) is 5.73 Å². The summed E-state index contributed by atoms with van der Waals surface area (Å²) in [5.74, 6) is 0.491. The van der Waals surface area contributed by atoms with Crippen LogP contribution in [0, 0.1) is 6.92 Å². The number of nitrogens with two attached hydrogens (primary N) is 1. The summed E-state index contributed by atoms with van der Waals surface area (Å²) in [4.78, 5) is 0. The van der Waals surface area contributed by atoms with Crippen LogP contribution in [0.25, 0.3) is 22.4 Å². The molecule has 2 aromatic carbocycles. The van der Waals surface area contributed by atoms with Gasteiger partial charge in [0.15, 0.2) is 5.82 Å². The van der Waals surface area contributed by atoms with E-state index in [2.05, 4.69) is 10.2 Å². The SMILES string of the molecule is Cc1ccc(Cl)cc1-c1[nH]nc(N)c1-c1ccccc1. The van der Waals surface area contributed by atoms with Gasteiger partial charge >= 0.3 is 0 Å². The fourth-order valence-corrected chi connectivity index (χ4v) is 2.48. The quantitative estimate of drug-likeness (QED) is 0.737. The van der Waals surface area contributed by atoms with Crippen molar-refractivity contribution >= 4 is 17.4 Å². The van der Waals surface area contributed by atoms with Gasteiger partial charge in [-0.15, -0.1) is 0 Å². The Hall–Kier alpha value is -2.26. The standard InChI is InChI=1S/C16H14ClN3/c1-10-7-8-12(17)9-13(10)15-14(16(18)20-19-15)11-5-3-2-4-6-11/h2-9H,1H3,(H3,18,19,20). The van der Waals surface area contributed by atoms with Gasteiger partial charge in [-0.3, -0.25) is 5.10 Å². The van der Waals surface area contributed by atoms with Crippen molar-refractivity contribution in [3.05, 3.63) is 59.1 Å². The minimum Gasteiger partial charge on any atom is -0.382 e. The molecule has 3 N–H and O–H groups in total. The highest BCUT2D eigenvalue weighted by molar-refractivity contribution is 6.30. The summed E-state index contributed by atoms with van der Waals surface area (Å²) >= 11 is 6.11. The summed E-state index contributed by atoms with van der Waals surface area (Å²) in [6.45, 7) is 2.04. The maximum atomic E-state index is 6.11. The van der Waals surface area contributed by atoms with E-state index < -0.39 is 0 Å². The Morgan fingerprint density at radius 3 is 2.60 bits per heavy atom. The second kappa shape index (κ2) is 5.02. The first-order valence-electron chi connectivity index (χ1n) is 6.32. The molecule has 100 valence electrons. The number of hydrogen-bond acceptors (Lipinski definition) is 2. The number of aromatic amines is 1. The van der Waals surface area contributed by atoms with E-state index in [-0.39, 0.29) is 0 Å². The van der Waals surface area contributed by atoms with Crippen molar-refractivity contribution in [3.8, 4) is 22.4 Å². The fourth-order valence-electron chi connectivity index (χ4n) is 2.31. The molecule has 3 rings (SSSR count). The Bertz CT molecular complexity index is 748. The number of nitrogen functional groups attached to an aromatic ring is 1. The van der Waals surface area contributed by atoms with Gasteiger partial charge in [0.1, 0.15) is 0 Å².